The van der Waals surface area contributed by atoms with Gasteiger partial charge in [-0.2, -0.15) is 0 Å². The van der Waals surface area contributed by atoms with Gasteiger partial charge in [0.2, 0.25) is 11.8 Å². The minimum atomic E-state index is 0.00746. The highest BCUT2D eigenvalue weighted by Crippen LogP contribution is 2.07. The van der Waals surface area contributed by atoms with Crippen LogP contribution in [-0.2, 0) is 9.59 Å². The number of benzene rings is 1. The molecule has 0 saturated heterocycles. The second-order valence-corrected chi connectivity index (χ2v) is 5.42. The van der Waals surface area contributed by atoms with Crippen LogP contribution in [0.3, 0.4) is 0 Å². The van der Waals surface area contributed by atoms with Gasteiger partial charge in [-0.3, -0.25) is 9.59 Å². The lowest BCUT2D eigenvalue weighted by atomic mass is 10.2. The molecule has 0 radical (unpaired) electrons. The third-order valence-corrected chi connectivity index (χ3v) is 3.35. The Hall–Kier alpha value is -2.04. The Morgan fingerprint density at radius 3 is 2.13 bits per heavy atom. The molecule has 0 aliphatic carbocycles. The lowest BCUT2D eigenvalue weighted by Crippen LogP contribution is -2.28. The van der Waals surface area contributed by atoms with Crippen LogP contribution in [0.25, 0.3) is 0 Å². The van der Waals surface area contributed by atoms with Crippen molar-refractivity contribution in [3.63, 3.8) is 0 Å². The third kappa shape index (κ3) is 10.3. The maximum atomic E-state index is 11.6. The van der Waals surface area contributed by atoms with E-state index in [0.717, 1.165) is 38.0 Å². The van der Waals surface area contributed by atoms with E-state index in [2.05, 4.69) is 17.6 Å². The molecule has 0 aliphatic heterocycles. The van der Waals surface area contributed by atoms with E-state index in [0.29, 0.717) is 26.0 Å². The summed E-state index contributed by atoms with van der Waals surface area (Å²) < 4.78 is 5.49. The number of nitrogens with one attached hydrogen (secondary N) is 2. The van der Waals surface area contributed by atoms with Gasteiger partial charge < -0.3 is 15.4 Å². The second-order valence-electron chi connectivity index (χ2n) is 5.42. The van der Waals surface area contributed by atoms with Crippen LogP contribution in [0, 0.1) is 0 Å². The molecule has 5 nitrogen and oxygen atoms in total. The molecule has 128 valence electrons. The number of hydrogen-bond acceptors (Lipinski definition) is 3. The second kappa shape index (κ2) is 12.5. The smallest absolute Gasteiger partial charge is 0.220 e. The predicted molar refractivity (Wildman–Crippen MR) is 91.3 cm³/mol. The molecule has 0 atom stereocenters. The van der Waals surface area contributed by atoms with Crippen molar-refractivity contribution in [1.29, 1.82) is 0 Å². The highest BCUT2D eigenvalue weighted by atomic mass is 16.5. The lowest BCUT2D eigenvalue weighted by molar-refractivity contribution is -0.123. The molecule has 2 N–H and O–H groups in total. The van der Waals surface area contributed by atoms with E-state index in [1.165, 1.54) is 0 Å². The molecule has 0 saturated carbocycles. The molecule has 0 bridgehead atoms. The zero-order valence-electron chi connectivity index (χ0n) is 14.0. The quantitative estimate of drug-likeness (QED) is 0.582. The molecular formula is C18H28N2O3. The Morgan fingerprint density at radius 2 is 1.52 bits per heavy atom. The molecule has 1 aromatic carbocycles. The van der Waals surface area contributed by atoms with Crippen LogP contribution in [0.2, 0.25) is 0 Å². The number of carbonyl (C=O) groups is 2. The minimum Gasteiger partial charge on any atom is -0.492 e. The van der Waals surface area contributed by atoms with Gasteiger partial charge in [0, 0.05) is 19.4 Å². The number of para-hydroxylation sites is 1. The zero-order chi connectivity index (χ0) is 16.8. The predicted octanol–water partition coefficient (Wildman–Crippen LogP) is 2.66. The lowest BCUT2D eigenvalue weighted by Gasteiger charge is -2.08. The first kappa shape index (κ1) is 19.0. The van der Waals surface area contributed by atoms with Crippen LogP contribution in [0.4, 0.5) is 0 Å². The van der Waals surface area contributed by atoms with Crippen LogP contribution in [-0.4, -0.2) is 31.5 Å². The van der Waals surface area contributed by atoms with E-state index < -0.39 is 0 Å². The summed E-state index contributed by atoms with van der Waals surface area (Å²) in [6.07, 6.45) is 4.51. The summed E-state index contributed by atoms with van der Waals surface area (Å²) >= 11 is 0. The Balaban J connectivity index is 1.95. The average Bonchev–Trinajstić information content (AvgIpc) is 2.57. The van der Waals surface area contributed by atoms with Crippen molar-refractivity contribution < 1.29 is 14.3 Å². The zero-order valence-corrected chi connectivity index (χ0v) is 14.0. The fourth-order valence-electron chi connectivity index (χ4n) is 2.03. The van der Waals surface area contributed by atoms with Gasteiger partial charge in [0.05, 0.1) is 6.54 Å². The molecule has 0 aliphatic rings. The van der Waals surface area contributed by atoms with Gasteiger partial charge in [-0.1, -0.05) is 31.5 Å². The monoisotopic (exact) mass is 320 g/mol. The van der Waals surface area contributed by atoms with Gasteiger partial charge in [-0.05, 0) is 31.4 Å². The van der Waals surface area contributed by atoms with E-state index in [1.807, 2.05) is 30.3 Å². The summed E-state index contributed by atoms with van der Waals surface area (Å²) in [5.74, 6) is 0.888. The van der Waals surface area contributed by atoms with Gasteiger partial charge in [-0.25, -0.2) is 0 Å². The summed E-state index contributed by atoms with van der Waals surface area (Å²) in [6.45, 7) is 3.79. The molecule has 0 heterocycles. The van der Waals surface area contributed by atoms with E-state index in [4.69, 9.17) is 4.74 Å². The maximum Gasteiger partial charge on any atom is 0.220 e. The Bertz CT molecular complexity index is 449. The van der Waals surface area contributed by atoms with Gasteiger partial charge in [0.15, 0.2) is 0 Å². The highest BCUT2D eigenvalue weighted by molar-refractivity contribution is 5.77. The standard InChI is InChI=1S/C18H28N2O3/c1-2-3-13-19-17(21)11-7-8-12-18(22)20-14-15-23-16-9-5-4-6-10-16/h4-6,9-10H,2-3,7-8,11-15H2,1H3,(H,19,21)(H,20,22). The molecule has 0 unspecified atom stereocenters. The van der Waals surface area contributed by atoms with Crippen molar-refractivity contribution in [2.24, 2.45) is 0 Å². The van der Waals surface area contributed by atoms with Crippen LogP contribution >= 0.6 is 0 Å². The first-order valence-corrected chi connectivity index (χ1v) is 8.43. The first-order valence-electron chi connectivity index (χ1n) is 8.43. The van der Waals surface area contributed by atoms with Crippen LogP contribution in [0.1, 0.15) is 45.4 Å². The summed E-state index contributed by atoms with van der Waals surface area (Å²) in [5.41, 5.74) is 0. The van der Waals surface area contributed by atoms with E-state index in [9.17, 15) is 9.59 Å². The van der Waals surface area contributed by atoms with Gasteiger partial charge >= 0.3 is 0 Å². The number of carbonyl (C=O) groups excluding carboxylic acids is 2. The van der Waals surface area contributed by atoms with E-state index >= 15 is 0 Å². The molecule has 2 amide bonds. The van der Waals surface area contributed by atoms with E-state index in [1.54, 1.807) is 0 Å². The number of rotatable bonds is 12. The van der Waals surface area contributed by atoms with Crippen molar-refractivity contribution >= 4 is 11.8 Å². The molecule has 1 aromatic rings. The number of hydrogen-bond donors (Lipinski definition) is 2. The van der Waals surface area contributed by atoms with Crippen LogP contribution in [0.5, 0.6) is 5.75 Å². The number of ether oxygens (including phenoxy) is 1. The van der Waals surface area contributed by atoms with Crippen molar-refractivity contribution in [2.45, 2.75) is 45.4 Å². The molecule has 23 heavy (non-hydrogen) atoms. The summed E-state index contributed by atoms with van der Waals surface area (Å²) in [4.78, 5) is 23.1. The fourth-order valence-corrected chi connectivity index (χ4v) is 2.03. The number of amides is 2. The van der Waals surface area contributed by atoms with Crippen molar-refractivity contribution in [3.05, 3.63) is 30.3 Å². The fraction of sp³-hybridized carbons (Fsp3) is 0.556. The molecule has 0 aromatic heterocycles. The largest absolute Gasteiger partial charge is 0.492 e. The van der Waals surface area contributed by atoms with Gasteiger partial charge in [0.25, 0.3) is 0 Å². The molecule has 1 rings (SSSR count). The highest BCUT2D eigenvalue weighted by Gasteiger charge is 2.03. The van der Waals surface area contributed by atoms with Crippen molar-refractivity contribution in [1.82, 2.24) is 10.6 Å². The normalized spacial score (nSPS) is 10.1. The SMILES string of the molecule is CCCCNC(=O)CCCCC(=O)NCCOc1ccccc1. The Morgan fingerprint density at radius 1 is 0.913 bits per heavy atom. The molecule has 0 spiro atoms. The van der Waals surface area contributed by atoms with Crippen molar-refractivity contribution in [2.75, 3.05) is 19.7 Å². The summed E-state index contributed by atoms with van der Waals surface area (Å²) in [5, 5.41) is 5.69. The third-order valence-electron chi connectivity index (χ3n) is 3.35. The topological polar surface area (TPSA) is 67.4 Å². The van der Waals surface area contributed by atoms with Gasteiger partial charge in [-0.15, -0.1) is 0 Å². The van der Waals surface area contributed by atoms with Crippen LogP contribution < -0.4 is 15.4 Å². The summed E-state index contributed by atoms with van der Waals surface area (Å²) in [6, 6.07) is 9.51. The van der Waals surface area contributed by atoms with Crippen LogP contribution in [0.15, 0.2) is 30.3 Å². The maximum absolute atomic E-state index is 11.6. The van der Waals surface area contributed by atoms with E-state index in [-0.39, 0.29) is 11.8 Å². The average molecular weight is 320 g/mol. The molecule has 0 fully saturated rings. The van der Waals surface area contributed by atoms with Gasteiger partial charge in [0.1, 0.15) is 12.4 Å². The molecular weight excluding hydrogens is 292 g/mol. The minimum absolute atomic E-state index is 0.00746. The first-order chi connectivity index (χ1) is 11.2. The number of unbranched alkanes of at least 4 members (excludes halogenated alkanes) is 2. The van der Waals surface area contributed by atoms with Crippen molar-refractivity contribution in [3.8, 4) is 5.75 Å². The molecule has 5 heteroatoms. The Labute approximate surface area is 138 Å². The Kier molecular flexibility index (Phi) is 10.3. The summed E-state index contributed by atoms with van der Waals surface area (Å²) in [7, 11) is 0.